The summed E-state index contributed by atoms with van der Waals surface area (Å²) >= 11 is 0. The van der Waals surface area contributed by atoms with Crippen molar-refractivity contribution in [2.75, 3.05) is 11.9 Å². The van der Waals surface area contributed by atoms with Crippen LogP contribution in [0.4, 0.5) is 10.6 Å². The lowest BCUT2D eigenvalue weighted by atomic mass is 9.92. The molecular formula is C25H34N6O7. The molecule has 0 spiro atoms. The lowest BCUT2D eigenvalue weighted by molar-refractivity contribution is -0.204. The van der Waals surface area contributed by atoms with Crippen LogP contribution in [0.15, 0.2) is 18.5 Å². The van der Waals surface area contributed by atoms with E-state index in [9.17, 15) is 20.0 Å². The molecule has 4 rings (SSSR count). The number of hydrogen-bond acceptors (Lipinski definition) is 10. The van der Waals surface area contributed by atoms with Crippen LogP contribution >= 0.6 is 0 Å². The number of anilines is 1. The molecule has 0 bridgehead atoms. The Morgan fingerprint density at radius 1 is 1.26 bits per heavy atom. The van der Waals surface area contributed by atoms with E-state index < -0.39 is 53.3 Å². The SMILES string of the molecule is CC(C)[C@H](NC(=O)OC(C)(C)C)C(=O)Nc1ncnn2c([C@]3(C#N)O[C@H](CO)[C@H]4OC(C)(C)O[C@H]43)ccc12. The van der Waals surface area contributed by atoms with Crippen molar-refractivity contribution in [2.45, 2.75) is 89.8 Å². The molecule has 0 aromatic carbocycles. The molecule has 2 fully saturated rings. The Kier molecular flexibility index (Phi) is 7.13. The van der Waals surface area contributed by atoms with Gasteiger partial charge in [-0.25, -0.2) is 14.3 Å². The van der Waals surface area contributed by atoms with E-state index >= 15 is 0 Å². The summed E-state index contributed by atoms with van der Waals surface area (Å²) in [6.07, 6.45) is -1.79. The summed E-state index contributed by atoms with van der Waals surface area (Å²) in [5.41, 5.74) is -1.66. The average molecular weight is 531 g/mol. The highest BCUT2D eigenvalue weighted by atomic mass is 16.8. The molecule has 2 aromatic heterocycles. The van der Waals surface area contributed by atoms with Gasteiger partial charge in [-0.05, 0) is 52.7 Å². The maximum Gasteiger partial charge on any atom is 0.408 e. The van der Waals surface area contributed by atoms with Crippen LogP contribution in [0.3, 0.4) is 0 Å². The van der Waals surface area contributed by atoms with E-state index in [1.807, 2.05) is 0 Å². The Labute approximate surface area is 220 Å². The van der Waals surface area contributed by atoms with Gasteiger partial charge < -0.3 is 34.7 Å². The van der Waals surface area contributed by atoms with Gasteiger partial charge in [0.2, 0.25) is 11.5 Å². The molecule has 38 heavy (non-hydrogen) atoms. The number of hydrogen-bond donors (Lipinski definition) is 3. The highest BCUT2D eigenvalue weighted by molar-refractivity contribution is 5.98. The van der Waals surface area contributed by atoms with E-state index in [4.69, 9.17) is 18.9 Å². The minimum absolute atomic E-state index is 0.165. The van der Waals surface area contributed by atoms with E-state index in [1.165, 1.54) is 10.8 Å². The molecule has 13 heteroatoms. The van der Waals surface area contributed by atoms with Crippen LogP contribution in [0.5, 0.6) is 0 Å². The molecule has 5 atom stereocenters. The van der Waals surface area contributed by atoms with Crippen molar-refractivity contribution in [1.82, 2.24) is 19.9 Å². The second-order valence-electron chi connectivity index (χ2n) is 11.2. The zero-order chi connectivity index (χ0) is 28.0. The zero-order valence-corrected chi connectivity index (χ0v) is 22.5. The number of aromatic nitrogens is 3. The molecule has 2 aromatic rings. The maximum absolute atomic E-state index is 13.2. The van der Waals surface area contributed by atoms with Crippen LogP contribution in [-0.2, 0) is 29.3 Å². The summed E-state index contributed by atoms with van der Waals surface area (Å²) in [6, 6.07) is 4.58. The lowest BCUT2D eigenvalue weighted by Gasteiger charge is -2.28. The molecule has 4 heterocycles. The molecule has 0 aliphatic carbocycles. The first-order chi connectivity index (χ1) is 17.7. The van der Waals surface area contributed by atoms with Crippen LogP contribution in [0, 0.1) is 17.2 Å². The van der Waals surface area contributed by atoms with Gasteiger partial charge in [0.05, 0.1) is 12.3 Å². The summed E-state index contributed by atoms with van der Waals surface area (Å²) in [5, 5.41) is 29.9. The van der Waals surface area contributed by atoms with Crippen LogP contribution < -0.4 is 10.6 Å². The fourth-order valence-corrected chi connectivity index (χ4v) is 4.72. The Balaban J connectivity index is 1.65. The number of alkyl carbamates (subject to hydrolysis) is 1. The average Bonchev–Trinajstić information content (AvgIpc) is 3.46. The van der Waals surface area contributed by atoms with Crippen LogP contribution in [0.1, 0.15) is 54.2 Å². The number of amides is 2. The lowest BCUT2D eigenvalue weighted by Crippen LogP contribution is -2.48. The van der Waals surface area contributed by atoms with Gasteiger partial charge in [-0.15, -0.1) is 0 Å². The minimum Gasteiger partial charge on any atom is -0.444 e. The number of nitriles is 1. The summed E-state index contributed by atoms with van der Waals surface area (Å²) in [6.45, 7) is 11.9. The first kappa shape index (κ1) is 27.7. The molecule has 3 N–H and O–H groups in total. The molecule has 206 valence electrons. The fraction of sp³-hybridized carbons (Fsp3) is 0.640. The quantitative estimate of drug-likeness (QED) is 0.501. The summed E-state index contributed by atoms with van der Waals surface area (Å²) in [5.74, 6) is -1.58. The number of rotatable bonds is 6. The third-order valence-corrected chi connectivity index (χ3v) is 6.27. The Morgan fingerprint density at radius 3 is 2.58 bits per heavy atom. The van der Waals surface area contributed by atoms with Crippen molar-refractivity contribution in [1.29, 1.82) is 5.26 Å². The highest BCUT2D eigenvalue weighted by Gasteiger charge is 2.65. The van der Waals surface area contributed by atoms with Crippen molar-refractivity contribution in [3.63, 3.8) is 0 Å². The normalized spacial score (nSPS) is 27.1. The van der Waals surface area contributed by atoms with Crippen molar-refractivity contribution in [3.8, 4) is 6.07 Å². The number of ether oxygens (including phenoxy) is 4. The second kappa shape index (κ2) is 9.77. The third-order valence-electron chi connectivity index (χ3n) is 6.27. The standard InChI is InChI=1S/C25H34N6O7/c1-13(2)17(29-22(34)38-23(3,4)5)21(33)30-20-14-8-9-16(31(14)28-12-27-20)25(11-26)19-18(15(10-32)35-25)36-24(6,7)37-19/h8-9,12-13,15,17-19,32H,10H2,1-7H3,(H,29,34)(H,27,28,30,33)/t15-,17+,18-,19-,25+/m1/s1. The number of nitrogens with one attached hydrogen (secondary N) is 2. The van der Waals surface area contributed by atoms with Gasteiger partial charge in [0.1, 0.15) is 47.9 Å². The van der Waals surface area contributed by atoms with Crippen LogP contribution in [0.25, 0.3) is 5.52 Å². The predicted molar refractivity (Wildman–Crippen MR) is 133 cm³/mol. The summed E-state index contributed by atoms with van der Waals surface area (Å²) in [4.78, 5) is 29.7. The van der Waals surface area contributed by atoms with Crippen molar-refractivity contribution in [3.05, 3.63) is 24.2 Å². The molecule has 0 radical (unpaired) electrons. The van der Waals surface area contributed by atoms with E-state index in [1.54, 1.807) is 60.6 Å². The van der Waals surface area contributed by atoms with Gasteiger partial charge in [0.25, 0.3) is 0 Å². The van der Waals surface area contributed by atoms with Gasteiger partial charge in [0.15, 0.2) is 11.6 Å². The second-order valence-corrected chi connectivity index (χ2v) is 11.2. The third kappa shape index (κ3) is 5.04. The van der Waals surface area contributed by atoms with Crippen molar-refractivity contribution >= 4 is 23.3 Å². The summed E-state index contributed by atoms with van der Waals surface area (Å²) in [7, 11) is 0. The number of nitrogens with zero attached hydrogens (tertiary/aromatic N) is 4. The number of carbonyl (C=O) groups excluding carboxylic acids is 2. The van der Waals surface area contributed by atoms with Crippen molar-refractivity contribution in [2.24, 2.45) is 5.92 Å². The Bertz CT molecular complexity index is 1260. The van der Waals surface area contributed by atoms with Gasteiger partial charge >= 0.3 is 6.09 Å². The molecule has 2 amide bonds. The Hall–Kier alpha value is -3.31. The van der Waals surface area contributed by atoms with Gasteiger partial charge in [0, 0.05) is 0 Å². The predicted octanol–water partition coefficient (Wildman–Crippen LogP) is 1.85. The number of aliphatic hydroxyl groups is 1. The topological polar surface area (TPSA) is 169 Å². The van der Waals surface area contributed by atoms with Gasteiger partial charge in [-0.1, -0.05) is 13.8 Å². The van der Waals surface area contributed by atoms with Crippen LogP contribution in [-0.4, -0.2) is 74.1 Å². The minimum atomic E-state index is -1.65. The van der Waals surface area contributed by atoms with Gasteiger partial charge in [-0.3, -0.25) is 4.79 Å². The molecule has 0 saturated carbocycles. The first-order valence-corrected chi connectivity index (χ1v) is 12.4. The highest BCUT2D eigenvalue weighted by Crippen LogP contribution is 2.49. The molecule has 0 unspecified atom stereocenters. The molecule has 2 aliphatic rings. The fourth-order valence-electron chi connectivity index (χ4n) is 4.72. The maximum atomic E-state index is 13.2. The smallest absolute Gasteiger partial charge is 0.408 e. The zero-order valence-electron chi connectivity index (χ0n) is 22.5. The van der Waals surface area contributed by atoms with E-state index in [0.29, 0.717) is 11.2 Å². The van der Waals surface area contributed by atoms with E-state index in [2.05, 4.69) is 26.8 Å². The molecule has 2 saturated heterocycles. The van der Waals surface area contributed by atoms with E-state index in [0.717, 1.165) is 0 Å². The van der Waals surface area contributed by atoms with Crippen molar-refractivity contribution < 1.29 is 33.6 Å². The van der Waals surface area contributed by atoms with E-state index in [-0.39, 0.29) is 18.3 Å². The largest absolute Gasteiger partial charge is 0.444 e. The molecule has 2 aliphatic heterocycles. The number of carbonyl (C=O) groups is 2. The monoisotopic (exact) mass is 530 g/mol. The Morgan fingerprint density at radius 2 is 1.97 bits per heavy atom. The molecule has 13 nitrogen and oxygen atoms in total. The number of fused-ring (bicyclic) bond motifs is 2. The molecular weight excluding hydrogens is 496 g/mol. The summed E-state index contributed by atoms with van der Waals surface area (Å²) < 4.78 is 24.7. The van der Waals surface area contributed by atoms with Gasteiger partial charge in [-0.2, -0.15) is 10.4 Å². The number of aliphatic hydroxyl groups excluding tert-OH is 1. The van der Waals surface area contributed by atoms with Crippen LogP contribution in [0.2, 0.25) is 0 Å². The first-order valence-electron chi connectivity index (χ1n) is 12.4.